The fraction of sp³-hybridized carbons (Fsp3) is 0.143. The molecule has 0 N–H and O–H groups in total. The summed E-state index contributed by atoms with van der Waals surface area (Å²) in [5.41, 5.74) is 1.48. The summed E-state index contributed by atoms with van der Waals surface area (Å²) in [5.74, 6) is 0.348. The van der Waals surface area contributed by atoms with Gasteiger partial charge < -0.3 is 4.74 Å². The Morgan fingerprint density at radius 2 is 2.14 bits per heavy atom. The maximum atomic E-state index is 11.0. The van der Waals surface area contributed by atoms with E-state index >= 15 is 0 Å². The second-order valence-corrected chi connectivity index (χ2v) is 4.41. The van der Waals surface area contributed by atoms with Crippen LogP contribution in [0.3, 0.4) is 0 Å². The minimum atomic E-state index is -0.515. The molecule has 6 nitrogen and oxygen atoms in total. The highest BCUT2D eigenvalue weighted by atomic mass is 35.5. The summed E-state index contributed by atoms with van der Waals surface area (Å²) in [5, 5.41) is 19.8. The first-order chi connectivity index (χ1) is 10.1. The number of nitro benzene ring substituents is 1. The van der Waals surface area contributed by atoms with Gasteiger partial charge in [0.2, 0.25) is 0 Å². The molecule has 0 aliphatic rings. The SMILES string of the molecule is N#Cc1cc(COc2ccc(CCl)cc2[N+](=O)[O-])ccn1. The average molecular weight is 304 g/mol. The molecule has 0 saturated heterocycles. The first-order valence-electron chi connectivity index (χ1n) is 5.95. The minimum Gasteiger partial charge on any atom is -0.482 e. The van der Waals surface area contributed by atoms with E-state index in [4.69, 9.17) is 21.6 Å². The molecule has 0 aliphatic carbocycles. The molecule has 1 aromatic carbocycles. The molecule has 2 rings (SSSR count). The Morgan fingerprint density at radius 1 is 1.33 bits per heavy atom. The second kappa shape index (κ2) is 6.68. The monoisotopic (exact) mass is 303 g/mol. The van der Waals surface area contributed by atoms with Crippen LogP contribution in [0.25, 0.3) is 0 Å². The van der Waals surface area contributed by atoms with Gasteiger partial charge in [0.05, 0.1) is 4.92 Å². The smallest absolute Gasteiger partial charge is 0.311 e. The van der Waals surface area contributed by atoms with E-state index in [0.717, 1.165) is 0 Å². The van der Waals surface area contributed by atoms with Crippen LogP contribution < -0.4 is 4.74 Å². The lowest BCUT2D eigenvalue weighted by Gasteiger charge is -2.07. The molecule has 0 saturated carbocycles. The Morgan fingerprint density at radius 3 is 2.81 bits per heavy atom. The van der Waals surface area contributed by atoms with E-state index in [1.807, 2.05) is 6.07 Å². The van der Waals surface area contributed by atoms with Gasteiger partial charge in [0, 0.05) is 18.1 Å². The van der Waals surface area contributed by atoms with E-state index < -0.39 is 4.92 Å². The van der Waals surface area contributed by atoms with Gasteiger partial charge >= 0.3 is 5.69 Å². The lowest BCUT2D eigenvalue weighted by molar-refractivity contribution is -0.386. The summed E-state index contributed by atoms with van der Waals surface area (Å²) in [6, 6.07) is 9.74. The van der Waals surface area contributed by atoms with Gasteiger partial charge in [-0.05, 0) is 29.3 Å². The summed E-state index contributed by atoms with van der Waals surface area (Å²) in [7, 11) is 0. The van der Waals surface area contributed by atoms with Crippen molar-refractivity contribution >= 4 is 17.3 Å². The maximum absolute atomic E-state index is 11.0. The van der Waals surface area contributed by atoms with Gasteiger partial charge in [-0.25, -0.2) is 4.98 Å². The second-order valence-electron chi connectivity index (χ2n) is 4.14. The van der Waals surface area contributed by atoms with E-state index in [9.17, 15) is 10.1 Å². The first-order valence-corrected chi connectivity index (χ1v) is 6.48. The van der Waals surface area contributed by atoms with Crippen LogP contribution >= 0.6 is 11.6 Å². The van der Waals surface area contributed by atoms with Crippen molar-refractivity contribution in [2.75, 3.05) is 0 Å². The van der Waals surface area contributed by atoms with Gasteiger partial charge in [0.1, 0.15) is 18.4 Å². The van der Waals surface area contributed by atoms with Crippen LogP contribution in [0.15, 0.2) is 36.5 Å². The molecular weight excluding hydrogens is 294 g/mol. The average Bonchev–Trinajstić information content (AvgIpc) is 2.52. The molecule has 0 bridgehead atoms. The normalized spacial score (nSPS) is 9.90. The summed E-state index contributed by atoms with van der Waals surface area (Å²) >= 11 is 5.66. The highest BCUT2D eigenvalue weighted by Crippen LogP contribution is 2.29. The van der Waals surface area contributed by atoms with Crippen molar-refractivity contribution < 1.29 is 9.66 Å². The third-order valence-electron chi connectivity index (χ3n) is 2.71. The number of pyridine rings is 1. The Labute approximate surface area is 125 Å². The number of halogens is 1. The molecule has 0 atom stereocenters. The lowest BCUT2D eigenvalue weighted by Crippen LogP contribution is -2.00. The summed E-state index contributed by atoms with van der Waals surface area (Å²) < 4.78 is 5.46. The van der Waals surface area contributed by atoms with Gasteiger partial charge in [-0.15, -0.1) is 11.6 Å². The number of hydrogen-bond donors (Lipinski definition) is 0. The molecule has 0 radical (unpaired) electrons. The van der Waals surface area contributed by atoms with Crippen molar-refractivity contribution in [3.8, 4) is 11.8 Å². The molecule has 7 heteroatoms. The number of nitriles is 1. The van der Waals surface area contributed by atoms with Crippen molar-refractivity contribution in [2.24, 2.45) is 0 Å². The standard InChI is InChI=1S/C14H10ClN3O3/c15-7-10-1-2-14(13(6-10)18(19)20)21-9-11-3-4-17-12(5-11)8-16/h1-6H,7,9H2. The number of hydrogen-bond acceptors (Lipinski definition) is 5. The van der Waals surface area contributed by atoms with Crippen LogP contribution in [0.1, 0.15) is 16.8 Å². The Kier molecular flexibility index (Phi) is 4.69. The van der Waals surface area contributed by atoms with Crippen LogP contribution in [0, 0.1) is 21.4 Å². The molecular formula is C14H10ClN3O3. The predicted molar refractivity (Wildman–Crippen MR) is 75.9 cm³/mol. The Bertz CT molecular complexity index is 713. The topological polar surface area (TPSA) is 89.0 Å². The van der Waals surface area contributed by atoms with Gasteiger partial charge in [-0.3, -0.25) is 10.1 Å². The fourth-order valence-corrected chi connectivity index (χ4v) is 1.86. The van der Waals surface area contributed by atoms with Crippen molar-refractivity contribution in [1.29, 1.82) is 5.26 Å². The molecule has 0 aliphatic heterocycles. The molecule has 0 amide bonds. The molecule has 0 spiro atoms. The van der Waals surface area contributed by atoms with Crippen molar-refractivity contribution in [1.82, 2.24) is 4.98 Å². The molecule has 1 aromatic heterocycles. The number of ether oxygens (including phenoxy) is 1. The van der Waals surface area contributed by atoms with E-state index in [1.165, 1.54) is 18.3 Å². The fourth-order valence-electron chi connectivity index (χ4n) is 1.70. The van der Waals surface area contributed by atoms with Crippen LogP contribution in [0.4, 0.5) is 5.69 Å². The maximum Gasteiger partial charge on any atom is 0.311 e. The highest BCUT2D eigenvalue weighted by molar-refractivity contribution is 6.17. The van der Waals surface area contributed by atoms with E-state index in [1.54, 1.807) is 18.2 Å². The van der Waals surface area contributed by atoms with Gasteiger partial charge in [0.25, 0.3) is 0 Å². The number of nitro groups is 1. The highest BCUT2D eigenvalue weighted by Gasteiger charge is 2.16. The molecule has 1 heterocycles. The molecule has 21 heavy (non-hydrogen) atoms. The van der Waals surface area contributed by atoms with Gasteiger partial charge in [-0.1, -0.05) is 6.07 Å². The lowest BCUT2D eigenvalue weighted by atomic mass is 10.2. The molecule has 0 unspecified atom stereocenters. The van der Waals surface area contributed by atoms with Crippen LogP contribution in [0.5, 0.6) is 5.75 Å². The number of nitrogens with zero attached hydrogens (tertiary/aromatic N) is 3. The van der Waals surface area contributed by atoms with Crippen molar-refractivity contribution in [2.45, 2.75) is 12.5 Å². The number of benzene rings is 1. The third kappa shape index (κ3) is 3.68. The van der Waals surface area contributed by atoms with Crippen molar-refractivity contribution in [3.05, 3.63) is 63.5 Å². The quantitative estimate of drug-likeness (QED) is 0.481. The number of aromatic nitrogens is 1. The number of rotatable bonds is 5. The Hall–Kier alpha value is -2.65. The zero-order chi connectivity index (χ0) is 15.2. The summed E-state index contributed by atoms with van der Waals surface area (Å²) in [6.45, 7) is 0.109. The van der Waals surface area contributed by atoms with Crippen molar-refractivity contribution in [3.63, 3.8) is 0 Å². The molecule has 2 aromatic rings. The third-order valence-corrected chi connectivity index (χ3v) is 3.02. The Balaban J connectivity index is 2.19. The summed E-state index contributed by atoms with van der Waals surface area (Å²) in [4.78, 5) is 14.4. The van der Waals surface area contributed by atoms with E-state index in [0.29, 0.717) is 11.1 Å². The minimum absolute atomic E-state index is 0.109. The van der Waals surface area contributed by atoms with E-state index in [-0.39, 0.29) is 29.6 Å². The predicted octanol–water partition coefficient (Wildman–Crippen LogP) is 3.18. The van der Waals surface area contributed by atoms with Crippen LogP contribution in [-0.4, -0.2) is 9.91 Å². The molecule has 106 valence electrons. The van der Waals surface area contributed by atoms with E-state index in [2.05, 4.69) is 4.98 Å². The van der Waals surface area contributed by atoms with Gasteiger partial charge in [0.15, 0.2) is 5.75 Å². The molecule has 0 fully saturated rings. The van der Waals surface area contributed by atoms with Crippen LogP contribution in [-0.2, 0) is 12.5 Å². The summed E-state index contributed by atoms with van der Waals surface area (Å²) in [6.07, 6.45) is 1.49. The first kappa shape index (κ1) is 14.8. The van der Waals surface area contributed by atoms with Crippen LogP contribution in [0.2, 0.25) is 0 Å². The zero-order valence-electron chi connectivity index (χ0n) is 10.8. The van der Waals surface area contributed by atoms with Gasteiger partial charge in [-0.2, -0.15) is 5.26 Å². The largest absolute Gasteiger partial charge is 0.482 e. The number of alkyl halides is 1. The zero-order valence-corrected chi connectivity index (χ0v) is 11.6.